The normalized spacial score (nSPS) is 32.8. The van der Waals surface area contributed by atoms with Gasteiger partial charge in [0, 0.05) is 19.6 Å². The van der Waals surface area contributed by atoms with Crippen molar-refractivity contribution in [3.05, 3.63) is 0 Å². The second-order valence-corrected chi connectivity index (χ2v) is 7.88. The maximum absolute atomic E-state index is 12.9. The number of nitrogens with zero attached hydrogens (tertiary/aromatic N) is 2. The lowest BCUT2D eigenvalue weighted by Gasteiger charge is -2.40. The smallest absolute Gasteiger partial charge is 0.326 e. The summed E-state index contributed by atoms with van der Waals surface area (Å²) in [7, 11) is -2.41. The zero-order valence-corrected chi connectivity index (χ0v) is 13.6. The van der Waals surface area contributed by atoms with Crippen molar-refractivity contribution in [3.63, 3.8) is 0 Å². The molecule has 7 nitrogen and oxygen atoms in total. The van der Waals surface area contributed by atoms with Crippen LogP contribution in [-0.4, -0.2) is 69.0 Å². The molecule has 3 atom stereocenters. The molecule has 0 aromatic carbocycles. The summed E-state index contributed by atoms with van der Waals surface area (Å²) in [5.41, 5.74) is 0. The molecule has 8 heteroatoms. The lowest BCUT2D eigenvalue weighted by molar-refractivity contribution is -0.149. The van der Waals surface area contributed by atoms with Crippen molar-refractivity contribution in [2.24, 2.45) is 11.8 Å². The van der Waals surface area contributed by atoms with Gasteiger partial charge in [0.2, 0.25) is 0 Å². The van der Waals surface area contributed by atoms with Gasteiger partial charge in [-0.15, -0.1) is 0 Å². The zero-order valence-electron chi connectivity index (χ0n) is 12.8. The average Bonchev–Trinajstić information content (AvgIpc) is 2.45. The number of hydrogen-bond acceptors (Lipinski definition) is 5. The number of piperidine rings is 1. The molecule has 0 aliphatic carbocycles. The first-order valence-corrected chi connectivity index (χ1v) is 8.68. The molecule has 2 rings (SSSR count). The molecule has 0 amide bonds. The van der Waals surface area contributed by atoms with Gasteiger partial charge in [0.1, 0.15) is 6.04 Å². The first kappa shape index (κ1) is 16.7. The van der Waals surface area contributed by atoms with E-state index in [-0.39, 0.29) is 13.2 Å². The number of rotatable bonds is 3. The monoisotopic (exact) mass is 320 g/mol. The highest BCUT2D eigenvalue weighted by Crippen LogP contribution is 2.26. The first-order valence-electron chi connectivity index (χ1n) is 7.28. The molecular formula is C13H24N2O5S. The summed E-state index contributed by atoms with van der Waals surface area (Å²) in [6.07, 6.45) is 1.02. The highest BCUT2D eigenvalue weighted by atomic mass is 32.2. The van der Waals surface area contributed by atoms with E-state index in [0.29, 0.717) is 31.5 Å². The van der Waals surface area contributed by atoms with E-state index >= 15 is 0 Å². The van der Waals surface area contributed by atoms with Gasteiger partial charge >= 0.3 is 5.97 Å². The minimum atomic E-state index is -3.67. The predicted molar refractivity (Wildman–Crippen MR) is 76.8 cm³/mol. The Balaban J connectivity index is 2.21. The highest BCUT2D eigenvalue weighted by Gasteiger charge is 2.42. The second kappa shape index (κ2) is 6.60. The molecule has 2 aliphatic heterocycles. The molecular weight excluding hydrogens is 296 g/mol. The third-order valence-corrected chi connectivity index (χ3v) is 5.99. The lowest BCUT2D eigenvalue weighted by Crippen LogP contribution is -2.58. The Hall–Kier alpha value is -0.700. The Kier molecular flexibility index (Phi) is 5.24. The molecule has 0 aromatic rings. The van der Waals surface area contributed by atoms with E-state index in [1.54, 1.807) is 0 Å². The fourth-order valence-electron chi connectivity index (χ4n) is 3.13. The molecule has 122 valence electrons. The first-order chi connectivity index (χ1) is 9.86. The minimum Gasteiger partial charge on any atom is -0.468 e. The molecule has 3 unspecified atom stereocenters. The molecule has 0 spiro atoms. The molecule has 0 N–H and O–H groups in total. The van der Waals surface area contributed by atoms with Crippen LogP contribution in [0.5, 0.6) is 0 Å². The zero-order chi connectivity index (χ0) is 15.6. The molecule has 0 saturated carbocycles. The van der Waals surface area contributed by atoms with E-state index < -0.39 is 22.2 Å². The van der Waals surface area contributed by atoms with Gasteiger partial charge in [-0.05, 0) is 18.3 Å². The van der Waals surface area contributed by atoms with E-state index in [1.807, 2.05) is 0 Å². The quantitative estimate of drug-likeness (QED) is 0.689. The highest BCUT2D eigenvalue weighted by molar-refractivity contribution is 7.86. The SMILES string of the molecule is COC(=O)C1COCCN1S(=O)(=O)N1CC(C)CC(C)C1. The van der Waals surface area contributed by atoms with Crippen LogP contribution in [0.25, 0.3) is 0 Å². The predicted octanol–water partition coefficient (Wildman–Crippen LogP) is 0.0829. The van der Waals surface area contributed by atoms with Gasteiger partial charge in [-0.25, -0.2) is 0 Å². The number of methoxy groups -OCH3 is 1. The molecule has 0 bridgehead atoms. The Morgan fingerprint density at radius 2 is 1.86 bits per heavy atom. The summed E-state index contributed by atoms with van der Waals surface area (Å²) in [5.74, 6) is 0.0682. The number of carbonyl (C=O) groups is 1. The van der Waals surface area contributed by atoms with Crippen molar-refractivity contribution in [1.82, 2.24) is 8.61 Å². The van der Waals surface area contributed by atoms with Crippen LogP contribution in [-0.2, 0) is 24.5 Å². The standard InChI is InChI=1S/C13H24N2O5S/c1-10-6-11(2)8-14(7-10)21(17,18)15-4-5-20-9-12(15)13(16)19-3/h10-12H,4-9H2,1-3H3. The van der Waals surface area contributed by atoms with Gasteiger partial charge in [0.05, 0.1) is 20.3 Å². The van der Waals surface area contributed by atoms with Crippen LogP contribution in [0.1, 0.15) is 20.3 Å². The third kappa shape index (κ3) is 3.56. The number of ether oxygens (including phenoxy) is 2. The molecule has 2 fully saturated rings. The van der Waals surface area contributed by atoms with Crippen molar-refractivity contribution < 1.29 is 22.7 Å². The molecule has 2 heterocycles. The topological polar surface area (TPSA) is 76.1 Å². The third-order valence-electron chi connectivity index (χ3n) is 4.01. The summed E-state index contributed by atoms with van der Waals surface area (Å²) in [6.45, 7) is 5.62. The molecule has 21 heavy (non-hydrogen) atoms. The summed E-state index contributed by atoms with van der Waals surface area (Å²) in [5, 5.41) is 0. The molecule has 0 radical (unpaired) electrons. The number of esters is 1. The van der Waals surface area contributed by atoms with Crippen LogP contribution in [0.3, 0.4) is 0 Å². The van der Waals surface area contributed by atoms with Crippen LogP contribution in [0.4, 0.5) is 0 Å². The molecule has 2 aliphatic rings. The summed E-state index contributed by atoms with van der Waals surface area (Å²) >= 11 is 0. The average molecular weight is 320 g/mol. The maximum Gasteiger partial charge on any atom is 0.326 e. The number of carbonyl (C=O) groups excluding carboxylic acids is 1. The van der Waals surface area contributed by atoms with Crippen molar-refractivity contribution in [2.75, 3.05) is 40.0 Å². The molecule has 2 saturated heterocycles. The van der Waals surface area contributed by atoms with Gasteiger partial charge < -0.3 is 9.47 Å². The van der Waals surface area contributed by atoms with E-state index in [0.717, 1.165) is 6.42 Å². The van der Waals surface area contributed by atoms with Gasteiger partial charge in [-0.3, -0.25) is 4.79 Å². The number of morpholine rings is 1. The fourth-order valence-corrected chi connectivity index (χ4v) is 5.08. The fraction of sp³-hybridized carbons (Fsp3) is 0.923. The summed E-state index contributed by atoms with van der Waals surface area (Å²) in [4.78, 5) is 11.8. The number of hydrogen-bond donors (Lipinski definition) is 0. The van der Waals surface area contributed by atoms with E-state index in [9.17, 15) is 13.2 Å². The van der Waals surface area contributed by atoms with Crippen molar-refractivity contribution in [1.29, 1.82) is 0 Å². The lowest BCUT2D eigenvalue weighted by atomic mass is 9.94. The Labute approximate surface area is 126 Å². The second-order valence-electron chi connectivity index (χ2n) is 6.00. The van der Waals surface area contributed by atoms with E-state index in [2.05, 4.69) is 13.8 Å². The van der Waals surface area contributed by atoms with E-state index in [1.165, 1.54) is 15.7 Å². The molecule has 0 aromatic heterocycles. The largest absolute Gasteiger partial charge is 0.468 e. The van der Waals surface area contributed by atoms with Gasteiger partial charge in [0.15, 0.2) is 0 Å². The van der Waals surface area contributed by atoms with Crippen molar-refractivity contribution in [2.45, 2.75) is 26.3 Å². The van der Waals surface area contributed by atoms with Crippen LogP contribution in [0, 0.1) is 11.8 Å². The summed E-state index contributed by atoms with van der Waals surface area (Å²) in [6, 6.07) is -0.888. The van der Waals surface area contributed by atoms with Crippen LogP contribution in [0.15, 0.2) is 0 Å². The van der Waals surface area contributed by atoms with Crippen molar-refractivity contribution >= 4 is 16.2 Å². The Morgan fingerprint density at radius 1 is 1.24 bits per heavy atom. The summed E-state index contributed by atoms with van der Waals surface area (Å²) < 4.78 is 38.4. The van der Waals surface area contributed by atoms with Crippen LogP contribution >= 0.6 is 0 Å². The van der Waals surface area contributed by atoms with E-state index in [4.69, 9.17) is 9.47 Å². The van der Waals surface area contributed by atoms with Gasteiger partial charge in [0.25, 0.3) is 10.2 Å². The van der Waals surface area contributed by atoms with Gasteiger partial charge in [-0.1, -0.05) is 13.8 Å². The van der Waals surface area contributed by atoms with Gasteiger partial charge in [-0.2, -0.15) is 17.0 Å². The Morgan fingerprint density at radius 3 is 2.43 bits per heavy atom. The minimum absolute atomic E-state index is 0.0465. The van der Waals surface area contributed by atoms with Crippen LogP contribution in [0.2, 0.25) is 0 Å². The van der Waals surface area contributed by atoms with Crippen molar-refractivity contribution in [3.8, 4) is 0 Å². The maximum atomic E-state index is 12.9. The Bertz CT molecular complexity index is 471. The van der Waals surface area contributed by atoms with Crippen LogP contribution < -0.4 is 0 Å².